The number of rotatable bonds is 4. The Morgan fingerprint density at radius 3 is 2.71 bits per heavy atom. The predicted molar refractivity (Wildman–Crippen MR) is 120 cm³/mol. The number of thioether (sulfide) groups is 1. The molecule has 3 heterocycles. The second-order valence-corrected chi connectivity index (χ2v) is 8.35. The molecular weight excluding hydrogens is 410 g/mol. The minimum atomic E-state index is -0.190. The topological polar surface area (TPSA) is 72.6 Å². The standard InChI is InChI=1S/C23H21N5O2S/c1-15-12-16(2)28-22(24-15)25-23(26-28)31-14-21(29)27-18-10-6-7-11-20(18)30-13-19(27)17-8-4-3-5-9-17/h3-12,19H,13-14H2,1-2H3. The fourth-order valence-electron chi connectivity index (χ4n) is 3.82. The van der Waals surface area contributed by atoms with Gasteiger partial charge in [-0.05, 0) is 37.6 Å². The number of nitrogens with zero attached hydrogens (tertiary/aromatic N) is 5. The van der Waals surface area contributed by atoms with Gasteiger partial charge in [-0.25, -0.2) is 9.50 Å². The van der Waals surface area contributed by atoms with Crippen LogP contribution >= 0.6 is 11.8 Å². The number of para-hydroxylation sites is 2. The van der Waals surface area contributed by atoms with Gasteiger partial charge in [-0.3, -0.25) is 9.69 Å². The number of anilines is 1. The highest BCUT2D eigenvalue weighted by Crippen LogP contribution is 2.39. The molecule has 1 aliphatic rings. The van der Waals surface area contributed by atoms with Gasteiger partial charge in [0.2, 0.25) is 11.1 Å². The molecule has 0 fully saturated rings. The quantitative estimate of drug-likeness (QED) is 0.455. The fourth-order valence-corrected chi connectivity index (χ4v) is 4.50. The lowest BCUT2D eigenvalue weighted by Gasteiger charge is -2.37. The van der Waals surface area contributed by atoms with E-state index in [0.29, 0.717) is 23.3 Å². The van der Waals surface area contributed by atoms with Crippen molar-refractivity contribution in [3.63, 3.8) is 0 Å². The van der Waals surface area contributed by atoms with Gasteiger partial charge in [0.1, 0.15) is 12.4 Å². The number of ether oxygens (including phenoxy) is 1. The predicted octanol–water partition coefficient (Wildman–Crippen LogP) is 4.00. The summed E-state index contributed by atoms with van der Waals surface area (Å²) in [6, 6.07) is 19.4. The molecule has 0 radical (unpaired) electrons. The maximum absolute atomic E-state index is 13.4. The van der Waals surface area contributed by atoms with E-state index in [1.807, 2.05) is 79.4 Å². The monoisotopic (exact) mass is 431 g/mol. The number of aryl methyl sites for hydroxylation is 2. The van der Waals surface area contributed by atoms with Gasteiger partial charge < -0.3 is 4.74 Å². The third kappa shape index (κ3) is 3.74. The second kappa shape index (κ2) is 8.03. The van der Waals surface area contributed by atoms with Gasteiger partial charge >= 0.3 is 0 Å². The van der Waals surface area contributed by atoms with Crippen LogP contribution in [0.1, 0.15) is 23.0 Å². The lowest BCUT2D eigenvalue weighted by atomic mass is 10.0. The van der Waals surface area contributed by atoms with Crippen molar-refractivity contribution >= 4 is 29.1 Å². The Labute approximate surface area is 184 Å². The maximum Gasteiger partial charge on any atom is 0.253 e. The maximum atomic E-state index is 13.4. The molecule has 0 bridgehead atoms. The van der Waals surface area contributed by atoms with E-state index in [1.165, 1.54) is 11.8 Å². The highest BCUT2D eigenvalue weighted by atomic mass is 32.2. The first-order valence-corrected chi connectivity index (χ1v) is 11.0. The van der Waals surface area contributed by atoms with Gasteiger partial charge in [0.05, 0.1) is 17.5 Å². The third-order valence-electron chi connectivity index (χ3n) is 5.21. The zero-order valence-corrected chi connectivity index (χ0v) is 18.0. The molecule has 8 heteroatoms. The van der Waals surface area contributed by atoms with Gasteiger partial charge in [-0.15, -0.1) is 5.10 Å². The summed E-state index contributed by atoms with van der Waals surface area (Å²) in [5.74, 6) is 1.46. The van der Waals surface area contributed by atoms with Crippen molar-refractivity contribution in [1.29, 1.82) is 0 Å². The second-order valence-electron chi connectivity index (χ2n) is 7.40. The van der Waals surface area contributed by atoms with Gasteiger partial charge in [0, 0.05) is 11.4 Å². The number of fused-ring (bicyclic) bond motifs is 2. The van der Waals surface area contributed by atoms with Crippen LogP contribution in [0.3, 0.4) is 0 Å². The van der Waals surface area contributed by atoms with E-state index in [9.17, 15) is 4.79 Å². The zero-order chi connectivity index (χ0) is 21.4. The van der Waals surface area contributed by atoms with Crippen LogP contribution in [0.25, 0.3) is 5.78 Å². The number of carbonyl (C=O) groups is 1. The number of carbonyl (C=O) groups excluding carboxylic acids is 1. The van der Waals surface area contributed by atoms with E-state index < -0.39 is 0 Å². The van der Waals surface area contributed by atoms with E-state index in [1.54, 1.807) is 4.52 Å². The van der Waals surface area contributed by atoms with Crippen LogP contribution < -0.4 is 9.64 Å². The summed E-state index contributed by atoms with van der Waals surface area (Å²) in [7, 11) is 0. The summed E-state index contributed by atoms with van der Waals surface area (Å²) in [4.78, 5) is 24.2. The molecule has 4 aromatic rings. The first-order valence-electron chi connectivity index (χ1n) is 10.0. The molecule has 0 saturated carbocycles. The molecule has 1 unspecified atom stereocenters. The van der Waals surface area contributed by atoms with Crippen molar-refractivity contribution in [3.05, 3.63) is 77.6 Å². The molecule has 31 heavy (non-hydrogen) atoms. The third-order valence-corrected chi connectivity index (χ3v) is 6.03. The summed E-state index contributed by atoms with van der Waals surface area (Å²) in [6.07, 6.45) is 0. The Balaban J connectivity index is 1.42. The van der Waals surface area contributed by atoms with Gasteiger partial charge in [0.25, 0.3) is 5.78 Å². The SMILES string of the molecule is Cc1cc(C)n2nc(SCC(=O)N3c4ccccc4OCC3c3ccccc3)nc2n1. The van der Waals surface area contributed by atoms with Crippen molar-refractivity contribution in [2.24, 2.45) is 0 Å². The van der Waals surface area contributed by atoms with Crippen LogP contribution in [0.5, 0.6) is 5.75 Å². The number of amides is 1. The summed E-state index contributed by atoms with van der Waals surface area (Å²) in [5.41, 5.74) is 3.67. The van der Waals surface area contributed by atoms with E-state index in [2.05, 4.69) is 15.1 Å². The lowest BCUT2D eigenvalue weighted by Crippen LogP contribution is -2.42. The van der Waals surface area contributed by atoms with Crippen LogP contribution in [0.2, 0.25) is 0 Å². The van der Waals surface area contributed by atoms with Crippen LogP contribution in [0.15, 0.2) is 65.8 Å². The van der Waals surface area contributed by atoms with E-state index in [4.69, 9.17) is 4.74 Å². The average Bonchev–Trinajstić information content (AvgIpc) is 3.20. The molecule has 0 aliphatic carbocycles. The van der Waals surface area contributed by atoms with Gasteiger partial charge in [0.15, 0.2) is 0 Å². The minimum Gasteiger partial charge on any atom is -0.489 e. The van der Waals surface area contributed by atoms with E-state index in [-0.39, 0.29) is 17.7 Å². The Kier molecular flexibility index (Phi) is 5.07. The molecular formula is C23H21N5O2S. The molecule has 5 rings (SSSR count). The summed E-state index contributed by atoms with van der Waals surface area (Å²) < 4.78 is 7.67. The molecule has 0 saturated heterocycles. The Hall–Kier alpha value is -3.39. The first kappa shape index (κ1) is 19.6. The van der Waals surface area contributed by atoms with Crippen molar-refractivity contribution in [2.75, 3.05) is 17.3 Å². The van der Waals surface area contributed by atoms with Crippen molar-refractivity contribution < 1.29 is 9.53 Å². The minimum absolute atomic E-state index is 0.0191. The zero-order valence-electron chi connectivity index (χ0n) is 17.2. The average molecular weight is 432 g/mol. The molecule has 1 aliphatic heterocycles. The first-order chi connectivity index (χ1) is 15.1. The van der Waals surface area contributed by atoms with Crippen LogP contribution in [-0.2, 0) is 4.79 Å². The van der Waals surface area contributed by atoms with Crippen molar-refractivity contribution in [3.8, 4) is 5.75 Å². The smallest absolute Gasteiger partial charge is 0.253 e. The number of hydrogen-bond donors (Lipinski definition) is 0. The van der Waals surface area contributed by atoms with Crippen molar-refractivity contribution in [1.82, 2.24) is 19.6 Å². The normalized spacial score (nSPS) is 15.5. The van der Waals surface area contributed by atoms with Gasteiger partial charge in [-0.1, -0.05) is 54.2 Å². The fraction of sp³-hybridized carbons (Fsp3) is 0.217. The molecule has 2 aromatic carbocycles. The number of hydrogen-bond acceptors (Lipinski definition) is 6. The van der Waals surface area contributed by atoms with E-state index in [0.717, 1.165) is 22.6 Å². The molecule has 2 aromatic heterocycles. The van der Waals surface area contributed by atoms with Crippen LogP contribution in [0.4, 0.5) is 5.69 Å². The molecule has 1 atom stereocenters. The van der Waals surface area contributed by atoms with E-state index >= 15 is 0 Å². The summed E-state index contributed by atoms with van der Waals surface area (Å²) >= 11 is 1.32. The van der Waals surface area contributed by atoms with Crippen LogP contribution in [0, 0.1) is 13.8 Å². The highest BCUT2D eigenvalue weighted by molar-refractivity contribution is 7.99. The molecule has 156 valence electrons. The number of aromatic nitrogens is 4. The summed E-state index contributed by atoms with van der Waals surface area (Å²) in [5, 5.41) is 5.04. The van der Waals surface area contributed by atoms with Crippen molar-refractivity contribution in [2.45, 2.75) is 25.0 Å². The Bertz CT molecular complexity index is 1260. The molecule has 0 spiro atoms. The molecule has 7 nitrogen and oxygen atoms in total. The highest BCUT2D eigenvalue weighted by Gasteiger charge is 2.33. The Morgan fingerprint density at radius 1 is 1.10 bits per heavy atom. The molecule has 0 N–H and O–H groups in total. The Morgan fingerprint density at radius 2 is 1.87 bits per heavy atom. The molecule has 1 amide bonds. The van der Waals surface area contributed by atoms with Crippen LogP contribution in [-0.4, -0.2) is 37.8 Å². The number of benzene rings is 2. The summed E-state index contributed by atoms with van der Waals surface area (Å²) in [6.45, 7) is 4.30. The lowest BCUT2D eigenvalue weighted by molar-refractivity contribution is -0.117. The van der Waals surface area contributed by atoms with Gasteiger partial charge in [-0.2, -0.15) is 4.98 Å². The largest absolute Gasteiger partial charge is 0.489 e.